The van der Waals surface area contributed by atoms with Gasteiger partial charge in [0.1, 0.15) is 0 Å². The van der Waals surface area contributed by atoms with Crippen LogP contribution in [0.2, 0.25) is 10.0 Å². The van der Waals surface area contributed by atoms with Crippen molar-refractivity contribution in [1.82, 2.24) is 5.32 Å². The average Bonchev–Trinajstić information content (AvgIpc) is 2.89. The summed E-state index contributed by atoms with van der Waals surface area (Å²) in [7, 11) is 1.98. The van der Waals surface area contributed by atoms with E-state index in [0.29, 0.717) is 22.0 Å². The molecule has 2 atom stereocenters. The summed E-state index contributed by atoms with van der Waals surface area (Å²) in [6, 6.07) is 6.41. The van der Waals surface area contributed by atoms with Crippen LogP contribution >= 0.6 is 35.6 Å². The van der Waals surface area contributed by atoms with Crippen molar-refractivity contribution in [2.75, 3.05) is 7.05 Å². The van der Waals surface area contributed by atoms with Gasteiger partial charge in [-0.3, -0.25) is 0 Å². The maximum Gasteiger partial charge on any atom is 0.0627 e. The minimum absolute atomic E-state index is 0. The van der Waals surface area contributed by atoms with Gasteiger partial charge >= 0.3 is 0 Å². The highest BCUT2D eigenvalue weighted by Gasteiger charge is 2.38. The zero-order valence-corrected chi connectivity index (χ0v) is 10.1. The molecule has 0 aromatic heterocycles. The number of hydrogen-bond donors (Lipinski definition) is 1. The summed E-state index contributed by atoms with van der Waals surface area (Å²) < 4.78 is 0. The largest absolute Gasteiger partial charge is 0.316 e. The Balaban J connectivity index is 0.000000980. The molecule has 1 aromatic rings. The Bertz CT molecular complexity index is 327. The molecule has 2 rings (SSSR count). The molecule has 0 spiro atoms. The summed E-state index contributed by atoms with van der Waals surface area (Å²) >= 11 is 12.0. The highest BCUT2D eigenvalue weighted by Crippen LogP contribution is 2.44. The maximum absolute atomic E-state index is 6.09. The molecule has 1 N–H and O–H groups in total. The zero-order valence-electron chi connectivity index (χ0n) is 7.76. The normalized spacial score (nSPS) is 24.2. The molecule has 1 saturated carbocycles. The van der Waals surface area contributed by atoms with Gasteiger partial charge in [-0.25, -0.2) is 0 Å². The lowest BCUT2D eigenvalue weighted by Crippen LogP contribution is -2.10. The van der Waals surface area contributed by atoms with E-state index in [4.69, 9.17) is 23.2 Å². The van der Waals surface area contributed by atoms with Gasteiger partial charge < -0.3 is 5.32 Å². The molecule has 2 unspecified atom stereocenters. The first kappa shape index (κ1) is 12.1. The summed E-state index contributed by atoms with van der Waals surface area (Å²) in [5, 5.41) is 4.60. The fourth-order valence-corrected chi connectivity index (χ4v) is 2.11. The molecule has 1 aliphatic rings. The van der Waals surface area contributed by atoms with Crippen molar-refractivity contribution >= 4 is 35.6 Å². The van der Waals surface area contributed by atoms with E-state index in [-0.39, 0.29) is 12.4 Å². The molecule has 0 saturated heterocycles. The Kier molecular flexibility index (Phi) is 4.08. The maximum atomic E-state index is 6.09. The highest BCUT2D eigenvalue weighted by atomic mass is 35.5. The Morgan fingerprint density at radius 2 is 2.07 bits per heavy atom. The predicted molar refractivity (Wildman–Crippen MR) is 63.9 cm³/mol. The standard InChI is InChI=1S/C10H11Cl2N.ClH/c1-13-9-5-7(9)6-3-2-4-8(11)10(6)12;/h2-4,7,9,13H,5H2,1H3;1H. The van der Waals surface area contributed by atoms with Crippen LogP contribution < -0.4 is 5.32 Å². The summed E-state index contributed by atoms with van der Waals surface area (Å²) in [5.41, 5.74) is 1.17. The fourth-order valence-electron chi connectivity index (χ4n) is 1.66. The van der Waals surface area contributed by atoms with Gasteiger partial charge in [-0.05, 0) is 25.1 Å². The van der Waals surface area contributed by atoms with Gasteiger partial charge in [-0.1, -0.05) is 35.3 Å². The van der Waals surface area contributed by atoms with Crippen molar-refractivity contribution in [2.24, 2.45) is 0 Å². The van der Waals surface area contributed by atoms with Crippen molar-refractivity contribution in [1.29, 1.82) is 0 Å². The van der Waals surface area contributed by atoms with Gasteiger partial charge in [0.15, 0.2) is 0 Å². The Hall–Kier alpha value is 0.0500. The third-order valence-electron chi connectivity index (χ3n) is 2.54. The average molecular weight is 253 g/mol. The summed E-state index contributed by atoms with van der Waals surface area (Å²) in [5.74, 6) is 0.552. The summed E-state index contributed by atoms with van der Waals surface area (Å²) in [6.07, 6.45) is 1.16. The Labute approximate surface area is 100 Å². The molecule has 0 aliphatic heterocycles. The lowest BCUT2D eigenvalue weighted by atomic mass is 10.1. The van der Waals surface area contributed by atoms with Crippen LogP contribution in [0.25, 0.3) is 0 Å². The molecule has 1 nitrogen and oxygen atoms in total. The quantitative estimate of drug-likeness (QED) is 0.850. The monoisotopic (exact) mass is 251 g/mol. The van der Waals surface area contributed by atoms with Gasteiger partial charge in [0.2, 0.25) is 0 Å². The minimum Gasteiger partial charge on any atom is -0.316 e. The van der Waals surface area contributed by atoms with Crippen molar-refractivity contribution in [2.45, 2.75) is 18.4 Å². The molecular formula is C10H12Cl3N. The molecule has 0 amide bonds. The van der Waals surface area contributed by atoms with Gasteiger partial charge in [-0.2, -0.15) is 0 Å². The third kappa shape index (κ3) is 2.17. The van der Waals surface area contributed by atoms with E-state index in [1.807, 2.05) is 19.2 Å². The van der Waals surface area contributed by atoms with Crippen molar-refractivity contribution in [3.8, 4) is 0 Å². The first-order valence-electron chi connectivity index (χ1n) is 4.35. The van der Waals surface area contributed by atoms with Crippen LogP contribution in [0, 0.1) is 0 Å². The van der Waals surface area contributed by atoms with Crippen LogP contribution in [0.1, 0.15) is 17.9 Å². The minimum atomic E-state index is 0. The molecule has 0 heterocycles. The van der Waals surface area contributed by atoms with Crippen molar-refractivity contribution in [3.63, 3.8) is 0 Å². The van der Waals surface area contributed by atoms with E-state index in [1.54, 1.807) is 0 Å². The summed E-state index contributed by atoms with van der Waals surface area (Å²) in [4.78, 5) is 0. The fraction of sp³-hybridized carbons (Fsp3) is 0.400. The number of benzene rings is 1. The second-order valence-electron chi connectivity index (χ2n) is 3.38. The number of hydrogen-bond acceptors (Lipinski definition) is 1. The molecule has 0 radical (unpaired) electrons. The van der Waals surface area contributed by atoms with Gasteiger partial charge in [-0.15, -0.1) is 12.4 Å². The highest BCUT2D eigenvalue weighted by molar-refractivity contribution is 6.42. The second-order valence-corrected chi connectivity index (χ2v) is 4.17. The van der Waals surface area contributed by atoms with E-state index >= 15 is 0 Å². The lowest BCUT2D eigenvalue weighted by Gasteiger charge is -2.04. The van der Waals surface area contributed by atoms with Gasteiger partial charge in [0.25, 0.3) is 0 Å². The van der Waals surface area contributed by atoms with Gasteiger partial charge in [0.05, 0.1) is 10.0 Å². The van der Waals surface area contributed by atoms with E-state index in [0.717, 1.165) is 6.42 Å². The SMILES string of the molecule is CNC1CC1c1cccc(Cl)c1Cl.Cl. The van der Waals surface area contributed by atoms with E-state index in [1.165, 1.54) is 5.56 Å². The number of likely N-dealkylation sites (N-methyl/N-ethyl adjacent to an activating group) is 1. The molecule has 78 valence electrons. The molecule has 1 fully saturated rings. The molecule has 4 heteroatoms. The molecular weight excluding hydrogens is 240 g/mol. The van der Waals surface area contributed by atoms with Crippen molar-refractivity contribution in [3.05, 3.63) is 33.8 Å². The lowest BCUT2D eigenvalue weighted by molar-refractivity contribution is 0.784. The van der Waals surface area contributed by atoms with Gasteiger partial charge in [0, 0.05) is 12.0 Å². The first-order chi connectivity index (χ1) is 6.24. The van der Waals surface area contributed by atoms with Crippen LogP contribution in [0.4, 0.5) is 0 Å². The van der Waals surface area contributed by atoms with E-state index < -0.39 is 0 Å². The number of rotatable bonds is 2. The van der Waals surface area contributed by atoms with Crippen LogP contribution in [-0.2, 0) is 0 Å². The zero-order chi connectivity index (χ0) is 9.42. The van der Waals surface area contributed by atoms with E-state index in [2.05, 4.69) is 11.4 Å². The molecule has 1 aromatic carbocycles. The predicted octanol–water partition coefficient (Wildman–Crippen LogP) is 3.49. The van der Waals surface area contributed by atoms with Crippen molar-refractivity contribution < 1.29 is 0 Å². The second kappa shape index (κ2) is 4.71. The topological polar surface area (TPSA) is 12.0 Å². The Morgan fingerprint density at radius 3 is 2.64 bits per heavy atom. The number of nitrogens with one attached hydrogen (secondary N) is 1. The molecule has 14 heavy (non-hydrogen) atoms. The van der Waals surface area contributed by atoms with E-state index in [9.17, 15) is 0 Å². The summed E-state index contributed by atoms with van der Waals surface area (Å²) in [6.45, 7) is 0. The van der Waals surface area contributed by atoms with Crippen LogP contribution in [0.3, 0.4) is 0 Å². The van der Waals surface area contributed by atoms with Crippen LogP contribution in [0.5, 0.6) is 0 Å². The number of halogens is 3. The van der Waals surface area contributed by atoms with Crippen LogP contribution in [0.15, 0.2) is 18.2 Å². The van der Waals surface area contributed by atoms with Crippen LogP contribution in [-0.4, -0.2) is 13.1 Å². The molecule has 0 bridgehead atoms. The Morgan fingerprint density at radius 1 is 1.36 bits per heavy atom. The molecule has 1 aliphatic carbocycles. The third-order valence-corrected chi connectivity index (χ3v) is 3.38. The first-order valence-corrected chi connectivity index (χ1v) is 5.11. The smallest absolute Gasteiger partial charge is 0.0627 e.